The fourth-order valence-corrected chi connectivity index (χ4v) is 2.80. The molecule has 0 aromatic heterocycles. The van der Waals surface area contributed by atoms with Crippen LogP contribution < -0.4 is 5.32 Å². The van der Waals surface area contributed by atoms with Gasteiger partial charge in [0.2, 0.25) is 0 Å². The van der Waals surface area contributed by atoms with E-state index in [4.69, 9.17) is 0 Å². The molecule has 0 bridgehead atoms. The number of nitrogens with one attached hydrogen (secondary N) is 1. The van der Waals surface area contributed by atoms with Crippen molar-refractivity contribution in [2.75, 3.05) is 6.61 Å². The van der Waals surface area contributed by atoms with E-state index in [2.05, 4.69) is 5.32 Å². The number of hydrogen-bond donors (Lipinski definition) is 3. The minimum absolute atomic E-state index is 0.0595. The van der Waals surface area contributed by atoms with Crippen LogP contribution in [0.2, 0.25) is 0 Å². The van der Waals surface area contributed by atoms with Gasteiger partial charge in [-0.05, 0) is 32.1 Å². The highest BCUT2D eigenvalue weighted by atomic mass is 16.3. The highest BCUT2D eigenvalue weighted by molar-refractivity contribution is 4.99. The minimum atomic E-state index is -0.212. The molecule has 15 heavy (non-hydrogen) atoms. The fraction of sp³-hybridized carbons (Fsp3) is 1.00. The fourth-order valence-electron chi connectivity index (χ4n) is 2.80. The second-order valence-corrected chi connectivity index (χ2v) is 5.25. The van der Waals surface area contributed by atoms with Crippen molar-refractivity contribution >= 4 is 0 Å². The van der Waals surface area contributed by atoms with Crippen LogP contribution in [-0.2, 0) is 0 Å². The van der Waals surface area contributed by atoms with Crippen molar-refractivity contribution in [3.63, 3.8) is 0 Å². The van der Waals surface area contributed by atoms with Crippen molar-refractivity contribution in [3.05, 3.63) is 0 Å². The van der Waals surface area contributed by atoms with Gasteiger partial charge in [-0.25, -0.2) is 0 Å². The Morgan fingerprint density at radius 2 is 1.80 bits per heavy atom. The highest BCUT2D eigenvalue weighted by Gasteiger charge is 2.39. The summed E-state index contributed by atoms with van der Waals surface area (Å²) in [4.78, 5) is 0. The van der Waals surface area contributed by atoms with Gasteiger partial charge in [-0.3, -0.25) is 0 Å². The summed E-state index contributed by atoms with van der Waals surface area (Å²) in [6.07, 6.45) is 8.68. The Morgan fingerprint density at radius 3 is 2.40 bits per heavy atom. The Bertz CT molecular complexity index is 198. The average molecular weight is 213 g/mol. The number of rotatable bonds is 3. The highest BCUT2D eigenvalue weighted by Crippen LogP contribution is 2.33. The molecule has 2 unspecified atom stereocenters. The monoisotopic (exact) mass is 213 g/mol. The Kier molecular flexibility index (Phi) is 3.65. The van der Waals surface area contributed by atoms with Crippen LogP contribution in [0, 0.1) is 0 Å². The van der Waals surface area contributed by atoms with Gasteiger partial charge in [0.1, 0.15) is 0 Å². The van der Waals surface area contributed by atoms with E-state index in [-0.39, 0.29) is 24.3 Å². The molecule has 2 rings (SSSR count). The molecule has 0 saturated heterocycles. The predicted molar refractivity (Wildman–Crippen MR) is 59.7 cm³/mol. The van der Waals surface area contributed by atoms with E-state index in [1.54, 1.807) is 0 Å². The molecule has 2 saturated carbocycles. The first kappa shape index (κ1) is 11.4. The Hall–Kier alpha value is -0.120. The molecule has 88 valence electrons. The van der Waals surface area contributed by atoms with Crippen molar-refractivity contribution in [3.8, 4) is 0 Å². The maximum atomic E-state index is 9.98. The zero-order valence-electron chi connectivity index (χ0n) is 9.41. The first-order valence-corrected chi connectivity index (χ1v) is 6.32. The van der Waals surface area contributed by atoms with Crippen LogP contribution in [0.1, 0.15) is 51.4 Å². The molecule has 0 spiro atoms. The third-order valence-electron chi connectivity index (χ3n) is 4.08. The van der Waals surface area contributed by atoms with Crippen molar-refractivity contribution in [2.24, 2.45) is 0 Å². The maximum Gasteiger partial charge on any atom is 0.0693 e. The zero-order valence-corrected chi connectivity index (χ0v) is 9.41. The Labute approximate surface area is 91.9 Å². The first-order chi connectivity index (χ1) is 7.26. The molecule has 0 amide bonds. The van der Waals surface area contributed by atoms with Crippen molar-refractivity contribution in [1.29, 1.82) is 0 Å². The summed E-state index contributed by atoms with van der Waals surface area (Å²) in [5.74, 6) is 0. The second-order valence-electron chi connectivity index (χ2n) is 5.25. The lowest BCUT2D eigenvalue weighted by Gasteiger charge is -2.44. The minimum Gasteiger partial charge on any atom is -0.394 e. The summed E-state index contributed by atoms with van der Waals surface area (Å²) < 4.78 is 0. The summed E-state index contributed by atoms with van der Waals surface area (Å²) in [6, 6.07) is 0.208. The van der Waals surface area contributed by atoms with E-state index in [0.717, 1.165) is 32.1 Å². The van der Waals surface area contributed by atoms with Gasteiger partial charge in [-0.1, -0.05) is 19.3 Å². The number of aliphatic hydroxyl groups is 2. The molecule has 0 heterocycles. The number of hydrogen-bond acceptors (Lipinski definition) is 3. The molecule has 2 aliphatic rings. The lowest BCUT2D eigenvalue weighted by molar-refractivity contribution is 0.0381. The van der Waals surface area contributed by atoms with Gasteiger partial charge < -0.3 is 15.5 Å². The van der Waals surface area contributed by atoms with E-state index in [9.17, 15) is 10.2 Å². The summed E-state index contributed by atoms with van der Waals surface area (Å²) in [5.41, 5.74) is -0.0595. The van der Waals surface area contributed by atoms with Gasteiger partial charge in [0.25, 0.3) is 0 Å². The maximum absolute atomic E-state index is 9.98. The lowest BCUT2D eigenvalue weighted by atomic mass is 9.76. The van der Waals surface area contributed by atoms with Crippen LogP contribution in [0.15, 0.2) is 0 Å². The van der Waals surface area contributed by atoms with Crippen LogP contribution in [0.3, 0.4) is 0 Å². The standard InChI is InChI=1S/C12H23NO2/c14-9-12(7-4-8-12)13-10-5-2-1-3-6-11(10)15/h10-11,13-15H,1-9H2. The first-order valence-electron chi connectivity index (χ1n) is 6.32. The van der Waals surface area contributed by atoms with Crippen molar-refractivity contribution in [1.82, 2.24) is 5.32 Å². The smallest absolute Gasteiger partial charge is 0.0693 e. The van der Waals surface area contributed by atoms with Gasteiger partial charge in [-0.15, -0.1) is 0 Å². The normalized spacial score (nSPS) is 35.6. The molecular weight excluding hydrogens is 190 g/mol. The Balaban J connectivity index is 1.90. The van der Waals surface area contributed by atoms with Gasteiger partial charge in [0.15, 0.2) is 0 Å². The van der Waals surface area contributed by atoms with Gasteiger partial charge in [0.05, 0.1) is 12.7 Å². The van der Waals surface area contributed by atoms with E-state index in [1.165, 1.54) is 19.3 Å². The van der Waals surface area contributed by atoms with Crippen LogP contribution in [0.25, 0.3) is 0 Å². The summed E-state index contributed by atoms with van der Waals surface area (Å²) in [5, 5.41) is 22.9. The van der Waals surface area contributed by atoms with Crippen LogP contribution in [0.4, 0.5) is 0 Å². The molecule has 3 nitrogen and oxygen atoms in total. The van der Waals surface area contributed by atoms with E-state index in [0.29, 0.717) is 0 Å². The largest absolute Gasteiger partial charge is 0.394 e. The quantitative estimate of drug-likeness (QED) is 0.617. The summed E-state index contributed by atoms with van der Waals surface area (Å²) in [6.45, 7) is 0.218. The third-order valence-corrected chi connectivity index (χ3v) is 4.08. The molecule has 0 aromatic rings. The molecule has 0 aromatic carbocycles. The van der Waals surface area contributed by atoms with Crippen molar-refractivity contribution < 1.29 is 10.2 Å². The van der Waals surface area contributed by atoms with E-state index < -0.39 is 0 Å². The molecule has 0 aliphatic heterocycles. The van der Waals surface area contributed by atoms with Gasteiger partial charge >= 0.3 is 0 Å². The second kappa shape index (κ2) is 4.81. The topological polar surface area (TPSA) is 52.5 Å². The predicted octanol–water partition coefficient (Wildman–Crippen LogP) is 1.18. The number of aliphatic hydroxyl groups excluding tert-OH is 2. The molecule has 3 heteroatoms. The summed E-state index contributed by atoms with van der Waals surface area (Å²) >= 11 is 0. The average Bonchev–Trinajstić information content (AvgIpc) is 2.37. The SMILES string of the molecule is OCC1(NC2CCCCCC2O)CCC1. The van der Waals surface area contributed by atoms with Crippen LogP contribution in [-0.4, -0.2) is 34.5 Å². The van der Waals surface area contributed by atoms with Crippen molar-refractivity contribution in [2.45, 2.75) is 69.1 Å². The van der Waals surface area contributed by atoms with E-state index >= 15 is 0 Å². The molecule has 3 N–H and O–H groups in total. The van der Waals surface area contributed by atoms with Crippen LogP contribution in [0.5, 0.6) is 0 Å². The lowest BCUT2D eigenvalue weighted by Crippen LogP contribution is -2.60. The van der Waals surface area contributed by atoms with Gasteiger partial charge in [0, 0.05) is 11.6 Å². The molecule has 2 fully saturated rings. The Morgan fingerprint density at radius 1 is 1.07 bits per heavy atom. The summed E-state index contributed by atoms with van der Waals surface area (Å²) in [7, 11) is 0. The van der Waals surface area contributed by atoms with Crippen LogP contribution >= 0.6 is 0 Å². The van der Waals surface area contributed by atoms with E-state index in [1.807, 2.05) is 0 Å². The molecule has 2 aliphatic carbocycles. The molecule has 0 radical (unpaired) electrons. The third kappa shape index (κ3) is 2.52. The molecule has 2 atom stereocenters. The zero-order chi connectivity index (χ0) is 10.7. The molecular formula is C12H23NO2. The van der Waals surface area contributed by atoms with Gasteiger partial charge in [-0.2, -0.15) is 0 Å².